The molecule has 0 aliphatic heterocycles. The van der Waals surface area contributed by atoms with Gasteiger partial charge in [-0.05, 0) is 32.3 Å². The molecular formula is C16H24O3. The third kappa shape index (κ3) is 5.03. The highest BCUT2D eigenvalue weighted by Gasteiger charge is 2.32. The van der Waals surface area contributed by atoms with E-state index in [1.54, 1.807) is 0 Å². The van der Waals surface area contributed by atoms with Crippen molar-refractivity contribution in [1.29, 1.82) is 0 Å². The summed E-state index contributed by atoms with van der Waals surface area (Å²) in [6.45, 7) is 7.37. The smallest absolute Gasteiger partial charge is 0.311 e. The largest absolute Gasteiger partial charge is 0.466 e. The van der Waals surface area contributed by atoms with Crippen molar-refractivity contribution in [3.05, 3.63) is 35.9 Å². The first-order valence-electron chi connectivity index (χ1n) is 6.91. The first-order valence-corrected chi connectivity index (χ1v) is 6.91. The van der Waals surface area contributed by atoms with Crippen LogP contribution in [0.3, 0.4) is 0 Å². The maximum atomic E-state index is 11.9. The molecule has 0 aliphatic carbocycles. The number of carbonyl (C=O) groups is 1. The first kappa shape index (κ1) is 15.7. The quantitative estimate of drug-likeness (QED) is 0.532. The Kier molecular flexibility index (Phi) is 6.57. The van der Waals surface area contributed by atoms with E-state index < -0.39 is 5.41 Å². The molecule has 0 radical (unpaired) electrons. The van der Waals surface area contributed by atoms with Crippen LogP contribution < -0.4 is 0 Å². The number of esters is 1. The minimum Gasteiger partial charge on any atom is -0.466 e. The van der Waals surface area contributed by atoms with Gasteiger partial charge >= 0.3 is 5.97 Å². The second-order valence-corrected chi connectivity index (χ2v) is 4.92. The molecule has 0 amide bonds. The van der Waals surface area contributed by atoms with Crippen LogP contribution >= 0.6 is 0 Å². The molecule has 106 valence electrons. The van der Waals surface area contributed by atoms with Gasteiger partial charge in [0, 0.05) is 6.61 Å². The summed E-state index contributed by atoms with van der Waals surface area (Å²) < 4.78 is 10.8. The Balaban J connectivity index is 2.35. The lowest BCUT2D eigenvalue weighted by Gasteiger charge is -2.25. The topological polar surface area (TPSA) is 35.5 Å². The van der Waals surface area contributed by atoms with Crippen LogP contribution in [0.15, 0.2) is 30.3 Å². The molecule has 0 aliphatic rings. The lowest BCUT2D eigenvalue weighted by atomic mass is 9.84. The predicted octanol–water partition coefficient (Wildman–Crippen LogP) is 3.57. The fourth-order valence-electron chi connectivity index (χ4n) is 1.79. The fraction of sp³-hybridized carbons (Fsp3) is 0.562. The molecule has 3 heteroatoms. The number of hydrogen-bond donors (Lipinski definition) is 0. The van der Waals surface area contributed by atoms with Crippen molar-refractivity contribution in [3.8, 4) is 0 Å². The Hall–Kier alpha value is -1.35. The zero-order chi connectivity index (χ0) is 14.1. The summed E-state index contributed by atoms with van der Waals surface area (Å²) in [5.41, 5.74) is 0.712. The van der Waals surface area contributed by atoms with Gasteiger partial charge in [-0.25, -0.2) is 0 Å². The molecule has 0 saturated carbocycles. The molecule has 1 aromatic rings. The second kappa shape index (κ2) is 7.95. The summed E-state index contributed by atoms with van der Waals surface area (Å²) in [6.07, 6.45) is 1.45. The average Bonchev–Trinajstić information content (AvgIpc) is 2.44. The van der Waals surface area contributed by atoms with Crippen molar-refractivity contribution in [3.63, 3.8) is 0 Å². The highest BCUT2D eigenvalue weighted by molar-refractivity contribution is 5.76. The van der Waals surface area contributed by atoms with Gasteiger partial charge in [-0.1, -0.05) is 37.3 Å². The van der Waals surface area contributed by atoms with E-state index in [0.29, 0.717) is 26.2 Å². The number of benzene rings is 1. The van der Waals surface area contributed by atoms with Crippen molar-refractivity contribution in [2.24, 2.45) is 5.41 Å². The van der Waals surface area contributed by atoms with Crippen LogP contribution in [0.2, 0.25) is 0 Å². The Morgan fingerprint density at radius 1 is 1.21 bits per heavy atom. The Morgan fingerprint density at radius 3 is 2.47 bits per heavy atom. The van der Waals surface area contributed by atoms with E-state index in [0.717, 1.165) is 12.0 Å². The van der Waals surface area contributed by atoms with E-state index in [4.69, 9.17) is 9.47 Å². The second-order valence-electron chi connectivity index (χ2n) is 4.92. The maximum absolute atomic E-state index is 11.9. The summed E-state index contributed by atoms with van der Waals surface area (Å²) in [6, 6.07) is 10.0. The monoisotopic (exact) mass is 264 g/mol. The van der Waals surface area contributed by atoms with Crippen molar-refractivity contribution in [2.45, 2.75) is 40.2 Å². The highest BCUT2D eigenvalue weighted by atomic mass is 16.5. The summed E-state index contributed by atoms with van der Waals surface area (Å²) in [5, 5.41) is 0. The first-order chi connectivity index (χ1) is 9.12. The molecule has 0 bridgehead atoms. The van der Waals surface area contributed by atoms with Gasteiger partial charge in [0.25, 0.3) is 0 Å². The predicted molar refractivity (Wildman–Crippen MR) is 75.7 cm³/mol. The van der Waals surface area contributed by atoms with Crippen LogP contribution in [0, 0.1) is 5.41 Å². The third-order valence-electron chi connectivity index (χ3n) is 3.46. The van der Waals surface area contributed by atoms with Gasteiger partial charge in [0.2, 0.25) is 0 Å². The van der Waals surface area contributed by atoms with Crippen LogP contribution in [0.25, 0.3) is 0 Å². The van der Waals surface area contributed by atoms with E-state index in [-0.39, 0.29) is 5.97 Å². The summed E-state index contributed by atoms with van der Waals surface area (Å²) in [5.74, 6) is -0.124. The molecule has 0 saturated heterocycles. The minimum absolute atomic E-state index is 0.124. The lowest BCUT2D eigenvalue weighted by Crippen LogP contribution is -2.30. The average molecular weight is 264 g/mol. The van der Waals surface area contributed by atoms with Crippen LogP contribution in [0.1, 0.15) is 39.2 Å². The van der Waals surface area contributed by atoms with Gasteiger partial charge in [-0.2, -0.15) is 0 Å². The van der Waals surface area contributed by atoms with Gasteiger partial charge in [-0.15, -0.1) is 0 Å². The SMILES string of the molecule is CCOC(=O)C(C)(CC)CCOCc1ccccc1. The van der Waals surface area contributed by atoms with E-state index in [9.17, 15) is 4.79 Å². The third-order valence-corrected chi connectivity index (χ3v) is 3.46. The summed E-state index contributed by atoms with van der Waals surface area (Å²) >= 11 is 0. The normalized spacial score (nSPS) is 13.8. The number of hydrogen-bond acceptors (Lipinski definition) is 3. The standard InChI is InChI=1S/C16H24O3/c1-4-16(3,15(17)19-5-2)11-12-18-13-14-9-7-6-8-10-14/h6-10H,4-5,11-13H2,1-3H3. The molecule has 1 atom stereocenters. The number of carbonyl (C=O) groups excluding carboxylic acids is 1. The molecule has 19 heavy (non-hydrogen) atoms. The van der Waals surface area contributed by atoms with Crippen LogP contribution in [0.5, 0.6) is 0 Å². The molecule has 1 unspecified atom stereocenters. The van der Waals surface area contributed by atoms with Crippen molar-refractivity contribution >= 4 is 5.97 Å². The van der Waals surface area contributed by atoms with E-state index in [1.807, 2.05) is 51.1 Å². The molecule has 1 rings (SSSR count). The summed E-state index contributed by atoms with van der Waals surface area (Å²) in [4.78, 5) is 11.9. The van der Waals surface area contributed by atoms with Gasteiger partial charge in [-0.3, -0.25) is 4.79 Å². The molecule has 0 aromatic heterocycles. The zero-order valence-electron chi connectivity index (χ0n) is 12.1. The molecule has 3 nitrogen and oxygen atoms in total. The zero-order valence-corrected chi connectivity index (χ0v) is 12.1. The number of rotatable bonds is 8. The van der Waals surface area contributed by atoms with Crippen LogP contribution in [0.4, 0.5) is 0 Å². The van der Waals surface area contributed by atoms with E-state index in [1.165, 1.54) is 0 Å². The van der Waals surface area contributed by atoms with E-state index in [2.05, 4.69) is 0 Å². The van der Waals surface area contributed by atoms with Crippen molar-refractivity contribution < 1.29 is 14.3 Å². The maximum Gasteiger partial charge on any atom is 0.311 e. The molecule has 0 N–H and O–H groups in total. The van der Waals surface area contributed by atoms with Crippen LogP contribution in [-0.2, 0) is 20.9 Å². The van der Waals surface area contributed by atoms with Crippen molar-refractivity contribution in [2.75, 3.05) is 13.2 Å². The van der Waals surface area contributed by atoms with Gasteiger partial charge in [0.15, 0.2) is 0 Å². The van der Waals surface area contributed by atoms with Crippen LogP contribution in [-0.4, -0.2) is 19.2 Å². The Bertz CT molecular complexity index is 375. The van der Waals surface area contributed by atoms with Gasteiger partial charge in [0.05, 0.1) is 18.6 Å². The Morgan fingerprint density at radius 2 is 1.89 bits per heavy atom. The Labute approximate surface area is 115 Å². The van der Waals surface area contributed by atoms with Gasteiger partial charge in [0.1, 0.15) is 0 Å². The lowest BCUT2D eigenvalue weighted by molar-refractivity contribution is -0.156. The highest BCUT2D eigenvalue weighted by Crippen LogP contribution is 2.27. The molecule has 0 heterocycles. The molecule has 1 aromatic carbocycles. The van der Waals surface area contributed by atoms with E-state index >= 15 is 0 Å². The molecule has 0 fully saturated rings. The molecular weight excluding hydrogens is 240 g/mol. The summed E-state index contributed by atoms with van der Waals surface area (Å²) in [7, 11) is 0. The molecule has 0 spiro atoms. The van der Waals surface area contributed by atoms with Crippen molar-refractivity contribution in [1.82, 2.24) is 0 Å². The fourth-order valence-corrected chi connectivity index (χ4v) is 1.79. The minimum atomic E-state index is -0.438. The van der Waals surface area contributed by atoms with Gasteiger partial charge < -0.3 is 9.47 Å². The number of ether oxygens (including phenoxy) is 2.